The molecule has 1 nitrogen and oxygen atoms in total. The smallest absolute Gasteiger partial charge is 0.0345 e. The monoisotopic (exact) mass is 259 g/mol. The van der Waals surface area contributed by atoms with E-state index in [9.17, 15) is 0 Å². The topological polar surface area (TPSA) is 26.0 Å². The van der Waals surface area contributed by atoms with Crippen LogP contribution in [0.5, 0.6) is 0 Å². The molecule has 0 amide bonds. The van der Waals surface area contributed by atoms with Crippen LogP contribution in [-0.2, 0) is 6.42 Å². The van der Waals surface area contributed by atoms with Crippen LogP contribution in [0.2, 0.25) is 0 Å². The predicted octanol–water partition coefficient (Wildman–Crippen LogP) is 4.50. The zero-order valence-corrected chi connectivity index (χ0v) is 11.6. The van der Waals surface area contributed by atoms with Gasteiger partial charge in [0, 0.05) is 10.2 Å². The molecule has 0 atom stereocenters. The van der Waals surface area contributed by atoms with Crippen molar-refractivity contribution in [1.29, 1.82) is 0 Å². The van der Waals surface area contributed by atoms with Crippen LogP contribution in [0.3, 0.4) is 0 Å². The Morgan fingerprint density at radius 1 is 1.06 bits per heavy atom. The Balaban J connectivity index is 1.86. The summed E-state index contributed by atoms with van der Waals surface area (Å²) in [7, 11) is 0. The molecule has 0 spiro atoms. The number of thiophene rings is 1. The molecule has 1 aliphatic carbocycles. The first-order valence-electron chi connectivity index (χ1n) is 7.01. The van der Waals surface area contributed by atoms with Crippen LogP contribution in [-0.4, -0.2) is 5.54 Å². The van der Waals surface area contributed by atoms with Crippen molar-refractivity contribution in [3.05, 3.63) is 35.2 Å². The summed E-state index contributed by atoms with van der Waals surface area (Å²) < 4.78 is 1.39. The van der Waals surface area contributed by atoms with Gasteiger partial charge in [0.15, 0.2) is 0 Å². The number of fused-ring (bicyclic) bond motifs is 1. The van der Waals surface area contributed by atoms with E-state index < -0.39 is 0 Å². The minimum Gasteiger partial charge on any atom is -0.325 e. The molecule has 1 heterocycles. The van der Waals surface area contributed by atoms with Crippen LogP contribution in [0.25, 0.3) is 10.1 Å². The van der Waals surface area contributed by atoms with Crippen molar-refractivity contribution in [2.45, 2.75) is 50.5 Å². The molecule has 96 valence electrons. The SMILES string of the molecule is NC1(Cc2csc3ccccc23)CCCCCC1. The molecule has 1 fully saturated rings. The number of benzene rings is 1. The molecular formula is C16H21NS. The third-order valence-corrected chi connectivity index (χ3v) is 5.22. The molecule has 1 aromatic carbocycles. The van der Waals surface area contributed by atoms with Gasteiger partial charge < -0.3 is 5.73 Å². The summed E-state index contributed by atoms with van der Waals surface area (Å²) in [5, 5.41) is 3.72. The van der Waals surface area contributed by atoms with Crippen LogP contribution in [0, 0.1) is 0 Å². The highest BCUT2D eigenvalue weighted by atomic mass is 32.1. The van der Waals surface area contributed by atoms with E-state index in [0.717, 1.165) is 6.42 Å². The normalized spacial score (nSPS) is 19.8. The number of hydrogen-bond acceptors (Lipinski definition) is 2. The lowest BCUT2D eigenvalue weighted by Crippen LogP contribution is -2.41. The van der Waals surface area contributed by atoms with Crippen molar-refractivity contribution in [1.82, 2.24) is 0 Å². The Hall–Kier alpha value is -0.860. The second-order valence-corrected chi connectivity index (χ2v) is 6.62. The molecule has 0 bridgehead atoms. The molecule has 1 saturated carbocycles. The van der Waals surface area contributed by atoms with Gasteiger partial charge in [-0.15, -0.1) is 11.3 Å². The molecule has 0 aliphatic heterocycles. The summed E-state index contributed by atoms with van der Waals surface area (Å²) in [5.41, 5.74) is 8.15. The van der Waals surface area contributed by atoms with Gasteiger partial charge in [-0.3, -0.25) is 0 Å². The van der Waals surface area contributed by atoms with E-state index in [4.69, 9.17) is 5.73 Å². The van der Waals surface area contributed by atoms with Crippen LogP contribution in [0.4, 0.5) is 0 Å². The lowest BCUT2D eigenvalue weighted by molar-refractivity contribution is 0.370. The average molecular weight is 259 g/mol. The first kappa shape index (κ1) is 12.2. The Bertz CT molecular complexity index is 521. The molecule has 18 heavy (non-hydrogen) atoms. The molecule has 2 N–H and O–H groups in total. The molecule has 1 aliphatic rings. The van der Waals surface area contributed by atoms with Crippen LogP contribution >= 0.6 is 11.3 Å². The maximum atomic E-state index is 6.65. The van der Waals surface area contributed by atoms with Crippen LogP contribution in [0.1, 0.15) is 44.1 Å². The van der Waals surface area contributed by atoms with Crippen molar-refractivity contribution < 1.29 is 0 Å². The first-order valence-corrected chi connectivity index (χ1v) is 7.89. The van der Waals surface area contributed by atoms with Gasteiger partial charge in [0.25, 0.3) is 0 Å². The van der Waals surface area contributed by atoms with Gasteiger partial charge >= 0.3 is 0 Å². The van der Waals surface area contributed by atoms with Crippen molar-refractivity contribution in [2.75, 3.05) is 0 Å². The number of rotatable bonds is 2. The summed E-state index contributed by atoms with van der Waals surface area (Å²) in [4.78, 5) is 0. The van der Waals surface area contributed by atoms with Crippen molar-refractivity contribution in [3.63, 3.8) is 0 Å². The van der Waals surface area contributed by atoms with E-state index in [-0.39, 0.29) is 5.54 Å². The second-order valence-electron chi connectivity index (χ2n) is 5.71. The zero-order valence-electron chi connectivity index (χ0n) is 10.8. The molecule has 0 unspecified atom stereocenters. The van der Waals surface area contributed by atoms with E-state index in [1.165, 1.54) is 54.2 Å². The van der Waals surface area contributed by atoms with E-state index >= 15 is 0 Å². The zero-order chi connectivity index (χ0) is 12.4. The molecule has 2 aromatic rings. The van der Waals surface area contributed by atoms with Crippen LogP contribution in [0.15, 0.2) is 29.6 Å². The highest BCUT2D eigenvalue weighted by Gasteiger charge is 2.27. The highest BCUT2D eigenvalue weighted by molar-refractivity contribution is 7.17. The lowest BCUT2D eigenvalue weighted by Gasteiger charge is -2.28. The molecule has 1 aromatic heterocycles. The molecule has 0 radical (unpaired) electrons. The standard InChI is InChI=1S/C16H21NS/c17-16(9-5-1-2-6-10-16)11-13-12-18-15-8-4-3-7-14(13)15/h3-4,7-8,12H,1-2,5-6,9-11,17H2. The lowest BCUT2D eigenvalue weighted by atomic mass is 9.85. The summed E-state index contributed by atoms with van der Waals surface area (Å²) in [6, 6.07) is 8.70. The third kappa shape index (κ3) is 2.45. The summed E-state index contributed by atoms with van der Waals surface area (Å²) in [6.07, 6.45) is 8.77. The van der Waals surface area contributed by atoms with E-state index in [2.05, 4.69) is 29.6 Å². The van der Waals surface area contributed by atoms with Crippen LogP contribution < -0.4 is 5.73 Å². The fourth-order valence-electron chi connectivity index (χ4n) is 3.16. The average Bonchev–Trinajstić information content (AvgIpc) is 2.64. The highest BCUT2D eigenvalue weighted by Crippen LogP contribution is 2.33. The van der Waals surface area contributed by atoms with Gasteiger partial charge in [0.1, 0.15) is 0 Å². The predicted molar refractivity (Wildman–Crippen MR) is 80.1 cm³/mol. The van der Waals surface area contributed by atoms with E-state index in [0.29, 0.717) is 0 Å². The largest absolute Gasteiger partial charge is 0.325 e. The third-order valence-electron chi connectivity index (χ3n) is 4.20. The van der Waals surface area contributed by atoms with Gasteiger partial charge in [0.05, 0.1) is 0 Å². The molecule has 3 rings (SSSR count). The second kappa shape index (κ2) is 5.02. The number of nitrogens with two attached hydrogens (primary N) is 1. The maximum absolute atomic E-state index is 6.65. The molecular weight excluding hydrogens is 238 g/mol. The van der Waals surface area contributed by atoms with E-state index in [1.807, 2.05) is 11.3 Å². The van der Waals surface area contributed by atoms with Gasteiger partial charge in [-0.25, -0.2) is 0 Å². The Morgan fingerprint density at radius 2 is 1.78 bits per heavy atom. The maximum Gasteiger partial charge on any atom is 0.0345 e. The summed E-state index contributed by atoms with van der Waals surface area (Å²) >= 11 is 1.85. The molecule has 0 saturated heterocycles. The van der Waals surface area contributed by atoms with Gasteiger partial charge in [-0.2, -0.15) is 0 Å². The van der Waals surface area contributed by atoms with Crippen molar-refractivity contribution in [3.8, 4) is 0 Å². The quantitative estimate of drug-likeness (QED) is 0.790. The fraction of sp³-hybridized carbons (Fsp3) is 0.500. The first-order chi connectivity index (χ1) is 8.77. The minimum atomic E-state index is 0.0420. The Labute approximate surface area is 113 Å². The fourth-order valence-corrected chi connectivity index (χ4v) is 4.12. The Morgan fingerprint density at radius 3 is 2.56 bits per heavy atom. The Kier molecular flexibility index (Phi) is 3.40. The van der Waals surface area contributed by atoms with E-state index in [1.54, 1.807) is 0 Å². The van der Waals surface area contributed by atoms with Gasteiger partial charge in [-0.05, 0) is 41.7 Å². The van der Waals surface area contributed by atoms with Gasteiger partial charge in [-0.1, -0.05) is 43.9 Å². The van der Waals surface area contributed by atoms with Crippen molar-refractivity contribution >= 4 is 21.4 Å². The summed E-state index contributed by atoms with van der Waals surface area (Å²) in [6.45, 7) is 0. The number of hydrogen-bond donors (Lipinski definition) is 1. The summed E-state index contributed by atoms with van der Waals surface area (Å²) in [5.74, 6) is 0. The van der Waals surface area contributed by atoms with Crippen molar-refractivity contribution in [2.24, 2.45) is 5.73 Å². The molecule has 2 heteroatoms. The minimum absolute atomic E-state index is 0.0420. The van der Waals surface area contributed by atoms with Gasteiger partial charge in [0.2, 0.25) is 0 Å².